The van der Waals surface area contributed by atoms with Crippen LogP contribution in [-0.2, 0) is 6.61 Å². The number of nitro groups is 1. The Hall–Kier alpha value is -3.39. The van der Waals surface area contributed by atoms with Gasteiger partial charge < -0.3 is 14.5 Å². The normalized spacial score (nSPS) is 15.2. The molecule has 2 aliphatic rings. The topological polar surface area (TPSA) is 75.9 Å². The summed E-state index contributed by atoms with van der Waals surface area (Å²) >= 11 is 1.53. The first-order valence-corrected chi connectivity index (χ1v) is 10.6. The van der Waals surface area contributed by atoms with Crippen LogP contribution < -0.4 is 9.64 Å². The Morgan fingerprint density at radius 3 is 2.50 bits per heavy atom. The number of nitrogens with zero attached hydrogens (tertiary/aromatic N) is 3. The van der Waals surface area contributed by atoms with Gasteiger partial charge in [-0.3, -0.25) is 14.9 Å². The molecule has 5 rings (SSSR count). The molecule has 7 nitrogen and oxygen atoms in total. The molecule has 1 saturated heterocycles. The van der Waals surface area contributed by atoms with E-state index in [1.54, 1.807) is 12.1 Å². The van der Waals surface area contributed by atoms with E-state index in [2.05, 4.69) is 4.90 Å². The highest BCUT2D eigenvalue weighted by atomic mass is 32.1. The number of hydrogen-bond donors (Lipinski definition) is 0. The Labute approximate surface area is 177 Å². The molecular formula is C22H19N3O4S. The van der Waals surface area contributed by atoms with Gasteiger partial charge in [0.15, 0.2) is 0 Å². The lowest BCUT2D eigenvalue weighted by Crippen LogP contribution is -2.48. The van der Waals surface area contributed by atoms with Crippen LogP contribution in [0.3, 0.4) is 0 Å². The van der Waals surface area contributed by atoms with Gasteiger partial charge in [0.1, 0.15) is 12.4 Å². The lowest BCUT2D eigenvalue weighted by molar-refractivity contribution is -0.384. The molecule has 2 aliphatic heterocycles. The highest BCUT2D eigenvalue weighted by molar-refractivity contribution is 7.17. The van der Waals surface area contributed by atoms with Crippen LogP contribution in [0, 0.1) is 10.1 Å². The molecule has 0 spiro atoms. The second kappa shape index (κ2) is 7.46. The number of anilines is 1. The van der Waals surface area contributed by atoms with Crippen LogP contribution in [0.5, 0.6) is 5.75 Å². The molecule has 152 valence electrons. The molecule has 1 fully saturated rings. The summed E-state index contributed by atoms with van der Waals surface area (Å²) in [7, 11) is 0. The van der Waals surface area contributed by atoms with E-state index < -0.39 is 4.92 Å². The second-order valence-electron chi connectivity index (χ2n) is 7.30. The largest absolute Gasteiger partial charge is 0.488 e. The minimum Gasteiger partial charge on any atom is -0.488 e. The number of thiophene rings is 1. The fourth-order valence-electron chi connectivity index (χ4n) is 3.91. The van der Waals surface area contributed by atoms with E-state index in [1.165, 1.54) is 23.5 Å². The number of amides is 1. The molecule has 0 aliphatic carbocycles. The number of carbonyl (C=O) groups excluding carboxylic acids is 1. The molecule has 2 aromatic carbocycles. The van der Waals surface area contributed by atoms with Gasteiger partial charge in [0.2, 0.25) is 0 Å². The lowest BCUT2D eigenvalue weighted by Gasteiger charge is -2.35. The van der Waals surface area contributed by atoms with Crippen molar-refractivity contribution in [2.45, 2.75) is 6.61 Å². The zero-order chi connectivity index (χ0) is 20.7. The van der Waals surface area contributed by atoms with Crippen LogP contribution in [0.1, 0.15) is 15.2 Å². The van der Waals surface area contributed by atoms with Gasteiger partial charge in [0.05, 0.1) is 9.80 Å². The van der Waals surface area contributed by atoms with E-state index >= 15 is 0 Å². The number of carbonyl (C=O) groups is 1. The van der Waals surface area contributed by atoms with Gasteiger partial charge in [-0.05, 0) is 30.3 Å². The molecule has 30 heavy (non-hydrogen) atoms. The SMILES string of the molecule is O=C(c1cc2c(s1)-c1ccccc1OC2)N1CCN(c2ccc([N+](=O)[O-])cc2)CC1. The number of rotatable bonds is 3. The Kier molecular flexibility index (Phi) is 4.63. The minimum absolute atomic E-state index is 0.0511. The predicted molar refractivity (Wildman–Crippen MR) is 115 cm³/mol. The van der Waals surface area contributed by atoms with Crippen molar-refractivity contribution in [1.29, 1.82) is 0 Å². The number of nitro benzene ring substituents is 1. The van der Waals surface area contributed by atoms with Crippen molar-refractivity contribution < 1.29 is 14.5 Å². The van der Waals surface area contributed by atoms with Gasteiger partial charge >= 0.3 is 0 Å². The van der Waals surface area contributed by atoms with Crippen LogP contribution in [0.4, 0.5) is 11.4 Å². The first-order chi connectivity index (χ1) is 14.6. The summed E-state index contributed by atoms with van der Waals surface area (Å²) in [6.45, 7) is 3.11. The lowest BCUT2D eigenvalue weighted by atomic mass is 10.1. The van der Waals surface area contributed by atoms with Crippen molar-refractivity contribution in [3.8, 4) is 16.2 Å². The van der Waals surface area contributed by atoms with Crippen molar-refractivity contribution >= 4 is 28.6 Å². The van der Waals surface area contributed by atoms with Crippen molar-refractivity contribution in [2.24, 2.45) is 0 Å². The number of fused-ring (bicyclic) bond motifs is 3. The third-order valence-electron chi connectivity index (χ3n) is 5.53. The van der Waals surface area contributed by atoms with Gasteiger partial charge in [0.25, 0.3) is 11.6 Å². The van der Waals surface area contributed by atoms with Crippen molar-refractivity contribution in [3.63, 3.8) is 0 Å². The van der Waals surface area contributed by atoms with Gasteiger partial charge in [-0.15, -0.1) is 11.3 Å². The van der Waals surface area contributed by atoms with Gasteiger partial charge in [-0.25, -0.2) is 0 Å². The molecule has 1 aromatic heterocycles. The molecule has 0 unspecified atom stereocenters. The number of non-ortho nitro benzene ring substituents is 1. The highest BCUT2D eigenvalue weighted by Crippen LogP contribution is 2.42. The van der Waals surface area contributed by atoms with Crippen LogP contribution in [0.15, 0.2) is 54.6 Å². The van der Waals surface area contributed by atoms with E-state index in [-0.39, 0.29) is 11.6 Å². The Balaban J connectivity index is 1.28. The molecule has 0 N–H and O–H groups in total. The third kappa shape index (κ3) is 3.29. The average molecular weight is 421 g/mol. The number of para-hydroxylation sites is 1. The highest BCUT2D eigenvalue weighted by Gasteiger charge is 2.27. The minimum atomic E-state index is -0.398. The zero-order valence-corrected chi connectivity index (χ0v) is 16.9. The quantitative estimate of drug-likeness (QED) is 0.468. The van der Waals surface area contributed by atoms with E-state index in [4.69, 9.17) is 4.74 Å². The Morgan fingerprint density at radius 2 is 1.77 bits per heavy atom. The number of piperazine rings is 1. The van der Waals surface area contributed by atoms with E-state index in [0.29, 0.717) is 32.8 Å². The predicted octanol–water partition coefficient (Wildman–Crippen LogP) is 4.18. The maximum Gasteiger partial charge on any atom is 0.269 e. The summed E-state index contributed by atoms with van der Waals surface area (Å²) in [6, 6.07) is 16.4. The van der Waals surface area contributed by atoms with Gasteiger partial charge in [-0.2, -0.15) is 0 Å². The molecule has 0 radical (unpaired) electrons. The van der Waals surface area contributed by atoms with Crippen LogP contribution in [0.2, 0.25) is 0 Å². The van der Waals surface area contributed by atoms with Crippen molar-refractivity contribution in [1.82, 2.24) is 4.90 Å². The molecule has 0 saturated carbocycles. The molecule has 3 aromatic rings. The molecule has 0 atom stereocenters. The molecular weight excluding hydrogens is 402 g/mol. The van der Waals surface area contributed by atoms with E-state index in [9.17, 15) is 14.9 Å². The number of hydrogen-bond acceptors (Lipinski definition) is 6. The van der Waals surface area contributed by atoms with Gasteiger partial charge in [-0.1, -0.05) is 12.1 Å². The van der Waals surface area contributed by atoms with Crippen LogP contribution in [-0.4, -0.2) is 41.9 Å². The van der Waals surface area contributed by atoms with Crippen LogP contribution >= 0.6 is 11.3 Å². The number of ether oxygens (including phenoxy) is 1. The molecule has 3 heterocycles. The molecule has 8 heteroatoms. The van der Waals surface area contributed by atoms with Gasteiger partial charge in [0, 0.05) is 60.0 Å². The summed E-state index contributed by atoms with van der Waals surface area (Å²) < 4.78 is 5.81. The maximum absolute atomic E-state index is 13.1. The monoisotopic (exact) mass is 421 g/mol. The first-order valence-electron chi connectivity index (χ1n) is 9.74. The smallest absolute Gasteiger partial charge is 0.269 e. The van der Waals surface area contributed by atoms with E-state index in [1.807, 2.05) is 35.2 Å². The van der Waals surface area contributed by atoms with Crippen LogP contribution in [0.25, 0.3) is 10.4 Å². The molecule has 0 bridgehead atoms. The molecule has 1 amide bonds. The van der Waals surface area contributed by atoms with Crippen molar-refractivity contribution in [3.05, 3.63) is 75.2 Å². The number of benzene rings is 2. The standard InChI is InChI=1S/C22H19N3O4S/c26-22(20-13-15-14-29-19-4-2-1-3-18(19)21(15)30-20)24-11-9-23(10-12-24)16-5-7-17(8-6-16)25(27)28/h1-8,13H,9-12,14H2. The Morgan fingerprint density at radius 1 is 1.03 bits per heavy atom. The average Bonchev–Trinajstić information content (AvgIpc) is 3.24. The second-order valence-corrected chi connectivity index (χ2v) is 8.35. The summed E-state index contributed by atoms with van der Waals surface area (Å²) in [5.74, 6) is 0.915. The first kappa shape index (κ1) is 18.6. The summed E-state index contributed by atoms with van der Waals surface area (Å²) in [4.78, 5) is 29.4. The van der Waals surface area contributed by atoms with Crippen molar-refractivity contribution in [2.75, 3.05) is 31.1 Å². The third-order valence-corrected chi connectivity index (χ3v) is 6.73. The summed E-state index contributed by atoms with van der Waals surface area (Å²) in [5, 5.41) is 10.8. The Bertz CT molecular complexity index is 1120. The summed E-state index contributed by atoms with van der Waals surface area (Å²) in [5.41, 5.74) is 3.13. The van der Waals surface area contributed by atoms with E-state index in [0.717, 1.165) is 32.3 Å². The zero-order valence-electron chi connectivity index (χ0n) is 16.1. The fourth-order valence-corrected chi connectivity index (χ4v) is 5.08. The summed E-state index contributed by atoms with van der Waals surface area (Å²) in [6.07, 6.45) is 0. The maximum atomic E-state index is 13.1. The fraction of sp³-hybridized carbons (Fsp3) is 0.227.